The van der Waals surface area contributed by atoms with E-state index >= 15 is 0 Å². The van der Waals surface area contributed by atoms with E-state index in [1.807, 2.05) is 19.9 Å². The highest BCUT2D eigenvalue weighted by Gasteiger charge is 2.12. The fourth-order valence-corrected chi connectivity index (χ4v) is 3.95. The van der Waals surface area contributed by atoms with E-state index in [0.29, 0.717) is 25.8 Å². The fourth-order valence-electron chi connectivity index (χ4n) is 2.44. The summed E-state index contributed by atoms with van der Waals surface area (Å²) in [4.78, 5) is 10.9. The van der Waals surface area contributed by atoms with Gasteiger partial charge in [0.25, 0.3) is 0 Å². The van der Waals surface area contributed by atoms with Gasteiger partial charge in [0.1, 0.15) is 12.4 Å². The van der Waals surface area contributed by atoms with E-state index in [9.17, 15) is 10.1 Å². The lowest BCUT2D eigenvalue weighted by Gasteiger charge is -2.14. The van der Waals surface area contributed by atoms with Gasteiger partial charge in [-0.25, -0.2) is 0 Å². The second kappa shape index (κ2) is 9.06. The topological polar surface area (TPSA) is 82.3 Å². The number of carboxylic acid groups (broad SMARTS) is 1. The summed E-state index contributed by atoms with van der Waals surface area (Å²) in [6, 6.07) is 11.4. The minimum absolute atomic E-state index is 0.0636. The molecule has 0 bridgehead atoms. The van der Waals surface area contributed by atoms with Crippen LogP contribution < -0.4 is 10.1 Å². The second-order valence-corrected chi connectivity index (χ2v) is 7.79. The van der Waals surface area contributed by atoms with Crippen molar-refractivity contribution in [2.45, 2.75) is 32.9 Å². The van der Waals surface area contributed by atoms with Gasteiger partial charge in [-0.15, -0.1) is 0 Å². The van der Waals surface area contributed by atoms with Gasteiger partial charge in [-0.3, -0.25) is 4.79 Å². The SMILES string of the molecule is CC(C)Nc1cc(C#N)cc(COc2c(Br)cc(CC(=O)O)cc2Br)c1. The third kappa shape index (κ3) is 5.75. The molecule has 7 heteroatoms. The molecular weight excluding hydrogens is 464 g/mol. The molecule has 2 rings (SSSR count). The van der Waals surface area contributed by atoms with Gasteiger partial charge in [0, 0.05) is 11.7 Å². The first kappa shape index (κ1) is 20.3. The van der Waals surface area contributed by atoms with Crippen LogP contribution in [0.3, 0.4) is 0 Å². The number of ether oxygens (including phenoxy) is 1. The van der Waals surface area contributed by atoms with E-state index in [0.717, 1.165) is 11.3 Å². The fraction of sp³-hybridized carbons (Fsp3) is 0.263. The number of aliphatic carboxylic acids is 1. The lowest BCUT2D eigenvalue weighted by Crippen LogP contribution is -2.10. The Balaban J connectivity index is 2.20. The lowest BCUT2D eigenvalue weighted by atomic mass is 10.1. The first-order valence-corrected chi connectivity index (χ1v) is 9.50. The van der Waals surface area contributed by atoms with Crippen molar-refractivity contribution in [3.8, 4) is 11.8 Å². The molecule has 0 aliphatic carbocycles. The summed E-state index contributed by atoms with van der Waals surface area (Å²) < 4.78 is 7.23. The first-order chi connectivity index (χ1) is 12.3. The summed E-state index contributed by atoms with van der Waals surface area (Å²) in [6.07, 6.45) is -0.0636. The molecule has 0 amide bonds. The molecule has 0 saturated heterocycles. The molecule has 0 spiro atoms. The molecule has 2 aromatic rings. The smallest absolute Gasteiger partial charge is 0.307 e. The third-order valence-corrected chi connectivity index (χ3v) is 4.55. The van der Waals surface area contributed by atoms with Crippen molar-refractivity contribution >= 4 is 43.5 Å². The van der Waals surface area contributed by atoms with Crippen molar-refractivity contribution < 1.29 is 14.6 Å². The number of hydrogen-bond donors (Lipinski definition) is 2. The van der Waals surface area contributed by atoms with Gasteiger partial charge in [-0.2, -0.15) is 5.26 Å². The Bertz CT molecular complexity index is 837. The molecule has 0 atom stereocenters. The van der Waals surface area contributed by atoms with Gasteiger partial charge in [-0.05, 0) is 87.2 Å². The van der Waals surface area contributed by atoms with Crippen molar-refractivity contribution in [1.82, 2.24) is 0 Å². The summed E-state index contributed by atoms with van der Waals surface area (Å²) in [7, 11) is 0. The summed E-state index contributed by atoms with van der Waals surface area (Å²) >= 11 is 6.85. The van der Waals surface area contributed by atoms with Gasteiger partial charge in [0.15, 0.2) is 0 Å². The van der Waals surface area contributed by atoms with Gasteiger partial charge in [0.2, 0.25) is 0 Å². The quantitative estimate of drug-likeness (QED) is 0.574. The standard InChI is InChI=1S/C19H18Br2N2O3/c1-11(2)23-15-4-13(9-22)3-14(5-15)10-26-19-16(20)6-12(7-17(19)21)8-18(24)25/h3-7,11,23H,8,10H2,1-2H3,(H,24,25). The number of anilines is 1. The van der Waals surface area contributed by atoms with Gasteiger partial charge in [-0.1, -0.05) is 0 Å². The summed E-state index contributed by atoms with van der Waals surface area (Å²) in [5.41, 5.74) is 2.95. The number of hydrogen-bond acceptors (Lipinski definition) is 4. The zero-order valence-corrected chi connectivity index (χ0v) is 17.5. The second-order valence-electron chi connectivity index (χ2n) is 6.08. The van der Waals surface area contributed by atoms with Crippen LogP contribution in [0.1, 0.15) is 30.5 Å². The van der Waals surface area contributed by atoms with Gasteiger partial charge < -0.3 is 15.2 Å². The van der Waals surface area contributed by atoms with Crippen LogP contribution in [0, 0.1) is 11.3 Å². The molecule has 2 aromatic carbocycles. The average molecular weight is 482 g/mol. The summed E-state index contributed by atoms with van der Waals surface area (Å²) in [5.74, 6) is -0.309. The van der Waals surface area contributed by atoms with Crippen LogP contribution in [0.4, 0.5) is 5.69 Å². The maximum Gasteiger partial charge on any atom is 0.307 e. The van der Waals surface area contributed by atoms with E-state index in [4.69, 9.17) is 9.84 Å². The molecule has 0 unspecified atom stereocenters. The van der Waals surface area contributed by atoms with Crippen LogP contribution in [0.15, 0.2) is 39.3 Å². The number of nitriles is 1. The number of halogens is 2. The highest BCUT2D eigenvalue weighted by Crippen LogP contribution is 2.35. The summed E-state index contributed by atoms with van der Waals surface area (Å²) in [5, 5.41) is 21.4. The maximum atomic E-state index is 10.9. The van der Waals surface area contributed by atoms with E-state index in [1.165, 1.54) is 0 Å². The van der Waals surface area contributed by atoms with Crippen LogP contribution in [-0.4, -0.2) is 17.1 Å². The molecule has 136 valence electrons. The number of rotatable bonds is 7. The monoisotopic (exact) mass is 480 g/mol. The lowest BCUT2D eigenvalue weighted by molar-refractivity contribution is -0.136. The summed E-state index contributed by atoms with van der Waals surface area (Å²) in [6.45, 7) is 4.34. The highest BCUT2D eigenvalue weighted by atomic mass is 79.9. The van der Waals surface area contributed by atoms with Crippen LogP contribution in [-0.2, 0) is 17.8 Å². The molecule has 0 fully saturated rings. The van der Waals surface area contributed by atoms with Crippen molar-refractivity contribution in [2.75, 3.05) is 5.32 Å². The Labute approximate surface area is 169 Å². The van der Waals surface area contributed by atoms with Crippen molar-refractivity contribution in [3.63, 3.8) is 0 Å². The van der Waals surface area contributed by atoms with E-state index in [-0.39, 0.29) is 19.1 Å². The Hall–Kier alpha value is -2.04. The van der Waals surface area contributed by atoms with Gasteiger partial charge >= 0.3 is 5.97 Å². The molecule has 5 nitrogen and oxygen atoms in total. The molecule has 2 N–H and O–H groups in total. The minimum atomic E-state index is -0.893. The predicted octanol–water partition coefficient (Wildman–Crippen LogP) is 5.11. The predicted molar refractivity (Wildman–Crippen MR) is 107 cm³/mol. The molecule has 0 aliphatic rings. The molecular formula is C19H18Br2N2O3. The van der Waals surface area contributed by atoms with E-state index in [2.05, 4.69) is 43.2 Å². The highest BCUT2D eigenvalue weighted by molar-refractivity contribution is 9.11. The van der Waals surface area contributed by atoms with Crippen molar-refractivity contribution in [3.05, 3.63) is 56.0 Å². The van der Waals surface area contributed by atoms with Crippen molar-refractivity contribution in [1.29, 1.82) is 5.26 Å². The van der Waals surface area contributed by atoms with E-state index in [1.54, 1.807) is 24.3 Å². The largest absolute Gasteiger partial charge is 0.487 e. The Morgan fingerprint density at radius 1 is 1.19 bits per heavy atom. The molecule has 26 heavy (non-hydrogen) atoms. The number of nitrogens with zero attached hydrogens (tertiary/aromatic N) is 1. The van der Waals surface area contributed by atoms with Crippen LogP contribution >= 0.6 is 31.9 Å². The Kier molecular flexibility index (Phi) is 7.06. The average Bonchev–Trinajstić information content (AvgIpc) is 2.52. The normalized spacial score (nSPS) is 10.5. The minimum Gasteiger partial charge on any atom is -0.487 e. The zero-order valence-electron chi connectivity index (χ0n) is 14.3. The first-order valence-electron chi connectivity index (χ1n) is 7.91. The number of carboxylic acids is 1. The third-order valence-electron chi connectivity index (χ3n) is 3.37. The Morgan fingerprint density at radius 3 is 2.38 bits per heavy atom. The van der Waals surface area contributed by atoms with Crippen molar-refractivity contribution in [2.24, 2.45) is 0 Å². The Morgan fingerprint density at radius 2 is 1.85 bits per heavy atom. The number of carbonyl (C=O) groups is 1. The zero-order chi connectivity index (χ0) is 19.3. The van der Waals surface area contributed by atoms with Crippen LogP contribution in [0.5, 0.6) is 5.75 Å². The molecule has 0 aromatic heterocycles. The maximum absolute atomic E-state index is 10.9. The molecule has 0 radical (unpaired) electrons. The van der Waals surface area contributed by atoms with E-state index < -0.39 is 5.97 Å². The molecule has 0 heterocycles. The molecule has 0 saturated carbocycles. The number of benzene rings is 2. The van der Waals surface area contributed by atoms with Gasteiger partial charge in [0.05, 0.1) is 27.0 Å². The molecule has 0 aliphatic heterocycles. The van der Waals surface area contributed by atoms with Crippen LogP contribution in [0.2, 0.25) is 0 Å². The van der Waals surface area contributed by atoms with Crippen LogP contribution in [0.25, 0.3) is 0 Å². The number of nitrogens with one attached hydrogen (secondary N) is 1.